The Morgan fingerprint density at radius 1 is 1.33 bits per heavy atom. The highest BCUT2D eigenvalue weighted by molar-refractivity contribution is 5.32. The van der Waals surface area contributed by atoms with E-state index in [0.717, 1.165) is 11.5 Å². The Bertz CT molecular complexity index is 421. The minimum absolute atomic E-state index is 0.215. The van der Waals surface area contributed by atoms with E-state index in [1.165, 1.54) is 0 Å². The van der Waals surface area contributed by atoms with Crippen LogP contribution in [0.3, 0.4) is 0 Å². The lowest BCUT2D eigenvalue weighted by Gasteiger charge is -2.10. The number of nitrogens with two attached hydrogens (primary N) is 1. The molecule has 4 heteroatoms. The standard InChI is InChI=1S/C11H14N4/c1-9(7-12)11-14-13-8-15(11)10-5-3-2-4-6-10/h2-6,8-9H,7,12H2,1H3. The van der Waals surface area contributed by atoms with Gasteiger partial charge < -0.3 is 5.73 Å². The van der Waals surface area contributed by atoms with Crippen LogP contribution in [0.5, 0.6) is 0 Å². The molecule has 2 N–H and O–H groups in total. The van der Waals surface area contributed by atoms with E-state index in [1.54, 1.807) is 6.33 Å². The summed E-state index contributed by atoms with van der Waals surface area (Å²) < 4.78 is 1.97. The fourth-order valence-electron chi connectivity index (χ4n) is 1.47. The molecule has 2 aromatic rings. The van der Waals surface area contributed by atoms with E-state index in [0.29, 0.717) is 6.54 Å². The number of aromatic nitrogens is 3. The molecule has 0 saturated heterocycles. The van der Waals surface area contributed by atoms with Crippen LogP contribution in [0.1, 0.15) is 18.7 Å². The van der Waals surface area contributed by atoms with Gasteiger partial charge in [0.25, 0.3) is 0 Å². The Kier molecular flexibility index (Phi) is 2.78. The van der Waals surface area contributed by atoms with Crippen LogP contribution in [0.15, 0.2) is 36.7 Å². The molecule has 1 atom stereocenters. The van der Waals surface area contributed by atoms with Gasteiger partial charge in [0.2, 0.25) is 0 Å². The quantitative estimate of drug-likeness (QED) is 0.816. The third-order valence-corrected chi connectivity index (χ3v) is 2.40. The van der Waals surface area contributed by atoms with Crippen LogP contribution in [0, 0.1) is 0 Å². The summed E-state index contributed by atoms with van der Waals surface area (Å²) in [6.45, 7) is 2.62. The van der Waals surface area contributed by atoms with Crippen molar-refractivity contribution < 1.29 is 0 Å². The van der Waals surface area contributed by atoms with Gasteiger partial charge in [0.05, 0.1) is 0 Å². The first kappa shape index (κ1) is 9.86. The molecule has 0 aliphatic carbocycles. The van der Waals surface area contributed by atoms with Gasteiger partial charge in [-0.1, -0.05) is 25.1 Å². The Morgan fingerprint density at radius 2 is 2.07 bits per heavy atom. The zero-order valence-electron chi connectivity index (χ0n) is 8.67. The second-order valence-electron chi connectivity index (χ2n) is 3.53. The molecule has 78 valence electrons. The summed E-state index contributed by atoms with van der Waals surface area (Å²) >= 11 is 0. The molecule has 1 aromatic carbocycles. The molecule has 4 nitrogen and oxygen atoms in total. The van der Waals surface area contributed by atoms with E-state index in [-0.39, 0.29) is 5.92 Å². The van der Waals surface area contributed by atoms with Gasteiger partial charge in [-0.15, -0.1) is 10.2 Å². The number of hydrogen-bond donors (Lipinski definition) is 1. The fourth-order valence-corrected chi connectivity index (χ4v) is 1.47. The monoisotopic (exact) mass is 202 g/mol. The molecule has 15 heavy (non-hydrogen) atoms. The van der Waals surface area contributed by atoms with E-state index in [1.807, 2.05) is 41.8 Å². The van der Waals surface area contributed by atoms with Crippen molar-refractivity contribution in [1.29, 1.82) is 0 Å². The SMILES string of the molecule is CC(CN)c1nncn1-c1ccccc1. The molecular weight excluding hydrogens is 188 g/mol. The molecule has 0 amide bonds. The average molecular weight is 202 g/mol. The van der Waals surface area contributed by atoms with Gasteiger partial charge in [-0.2, -0.15) is 0 Å². The van der Waals surface area contributed by atoms with Crippen LogP contribution >= 0.6 is 0 Å². The van der Waals surface area contributed by atoms with E-state index in [9.17, 15) is 0 Å². The molecule has 1 heterocycles. The first-order chi connectivity index (χ1) is 7.33. The Morgan fingerprint density at radius 3 is 2.73 bits per heavy atom. The van der Waals surface area contributed by atoms with E-state index < -0.39 is 0 Å². The van der Waals surface area contributed by atoms with Crippen molar-refractivity contribution in [3.63, 3.8) is 0 Å². The summed E-state index contributed by atoms with van der Waals surface area (Å²) in [6.07, 6.45) is 1.72. The molecule has 0 spiro atoms. The predicted octanol–water partition coefficient (Wildman–Crippen LogP) is 1.33. The van der Waals surface area contributed by atoms with E-state index in [4.69, 9.17) is 5.73 Å². The maximum Gasteiger partial charge on any atom is 0.141 e. The second-order valence-corrected chi connectivity index (χ2v) is 3.53. The molecule has 0 aliphatic heterocycles. The van der Waals surface area contributed by atoms with Crippen molar-refractivity contribution in [2.75, 3.05) is 6.54 Å². The van der Waals surface area contributed by atoms with Crippen LogP contribution in [0.25, 0.3) is 5.69 Å². The topological polar surface area (TPSA) is 56.7 Å². The second kappa shape index (κ2) is 4.23. The highest BCUT2D eigenvalue weighted by Crippen LogP contribution is 2.15. The van der Waals surface area contributed by atoms with Crippen molar-refractivity contribution in [2.24, 2.45) is 5.73 Å². The van der Waals surface area contributed by atoms with Crippen molar-refractivity contribution >= 4 is 0 Å². The third-order valence-electron chi connectivity index (χ3n) is 2.40. The summed E-state index contributed by atoms with van der Waals surface area (Å²) in [5.41, 5.74) is 6.70. The fraction of sp³-hybridized carbons (Fsp3) is 0.273. The Labute approximate surface area is 88.8 Å². The van der Waals surface area contributed by atoms with Crippen LogP contribution in [-0.2, 0) is 0 Å². The first-order valence-corrected chi connectivity index (χ1v) is 4.98. The van der Waals surface area contributed by atoms with Gasteiger partial charge in [0.15, 0.2) is 0 Å². The normalized spacial score (nSPS) is 12.7. The lowest BCUT2D eigenvalue weighted by atomic mass is 10.1. The molecule has 2 rings (SSSR count). The first-order valence-electron chi connectivity index (χ1n) is 4.98. The van der Waals surface area contributed by atoms with Crippen molar-refractivity contribution in [3.8, 4) is 5.69 Å². The van der Waals surface area contributed by atoms with Crippen molar-refractivity contribution in [1.82, 2.24) is 14.8 Å². The Balaban J connectivity index is 2.41. The maximum atomic E-state index is 5.63. The van der Waals surface area contributed by atoms with Crippen molar-refractivity contribution in [2.45, 2.75) is 12.8 Å². The minimum Gasteiger partial charge on any atom is -0.330 e. The summed E-state index contributed by atoms with van der Waals surface area (Å²) in [4.78, 5) is 0. The van der Waals surface area contributed by atoms with Gasteiger partial charge in [-0.25, -0.2) is 0 Å². The third kappa shape index (κ3) is 1.89. The van der Waals surface area contributed by atoms with Crippen molar-refractivity contribution in [3.05, 3.63) is 42.5 Å². The van der Waals surface area contributed by atoms with Gasteiger partial charge >= 0.3 is 0 Å². The van der Waals surface area contributed by atoms with E-state index in [2.05, 4.69) is 10.2 Å². The zero-order chi connectivity index (χ0) is 10.7. The summed E-state index contributed by atoms with van der Waals surface area (Å²) in [7, 11) is 0. The van der Waals surface area contributed by atoms with Gasteiger partial charge in [0.1, 0.15) is 12.2 Å². The molecule has 1 unspecified atom stereocenters. The Hall–Kier alpha value is -1.68. The number of hydrogen-bond acceptors (Lipinski definition) is 3. The number of rotatable bonds is 3. The van der Waals surface area contributed by atoms with Gasteiger partial charge in [-0.05, 0) is 12.1 Å². The smallest absolute Gasteiger partial charge is 0.141 e. The molecule has 0 radical (unpaired) electrons. The van der Waals surface area contributed by atoms with Crippen LogP contribution in [0.2, 0.25) is 0 Å². The molecular formula is C11H14N4. The minimum atomic E-state index is 0.215. The van der Waals surface area contributed by atoms with Crippen LogP contribution in [-0.4, -0.2) is 21.3 Å². The average Bonchev–Trinajstić information content (AvgIpc) is 2.78. The molecule has 0 bridgehead atoms. The number of para-hydroxylation sites is 1. The molecule has 1 aromatic heterocycles. The molecule has 0 aliphatic rings. The highest BCUT2D eigenvalue weighted by Gasteiger charge is 2.12. The summed E-state index contributed by atoms with van der Waals surface area (Å²) in [5.74, 6) is 1.12. The highest BCUT2D eigenvalue weighted by atomic mass is 15.3. The predicted molar refractivity (Wildman–Crippen MR) is 58.8 cm³/mol. The van der Waals surface area contributed by atoms with Crippen LogP contribution < -0.4 is 5.73 Å². The molecule has 0 saturated carbocycles. The van der Waals surface area contributed by atoms with Gasteiger partial charge in [0, 0.05) is 18.2 Å². The van der Waals surface area contributed by atoms with Crippen LogP contribution in [0.4, 0.5) is 0 Å². The van der Waals surface area contributed by atoms with Gasteiger partial charge in [-0.3, -0.25) is 4.57 Å². The lowest BCUT2D eigenvalue weighted by Crippen LogP contribution is -2.13. The largest absolute Gasteiger partial charge is 0.330 e. The summed E-state index contributed by atoms with van der Waals surface area (Å²) in [5, 5.41) is 8.02. The van der Waals surface area contributed by atoms with E-state index >= 15 is 0 Å². The summed E-state index contributed by atoms with van der Waals surface area (Å²) in [6, 6.07) is 10.0. The number of nitrogens with zero attached hydrogens (tertiary/aromatic N) is 3. The zero-order valence-corrected chi connectivity index (χ0v) is 8.67. The number of benzene rings is 1. The maximum absolute atomic E-state index is 5.63. The molecule has 0 fully saturated rings. The lowest BCUT2D eigenvalue weighted by molar-refractivity contribution is 0.691.